The normalized spacial score (nSPS) is 22.0. The lowest BCUT2D eigenvalue weighted by molar-refractivity contribution is -0.208. The molecule has 1 aromatic heterocycles. The minimum absolute atomic E-state index is 0.301. The van der Waals surface area contributed by atoms with E-state index in [0.717, 1.165) is 25.6 Å². The lowest BCUT2D eigenvalue weighted by atomic mass is 9.80. The summed E-state index contributed by atoms with van der Waals surface area (Å²) in [7, 11) is -6.58. The van der Waals surface area contributed by atoms with Crippen LogP contribution in [-0.2, 0) is 9.16 Å². The van der Waals surface area contributed by atoms with Crippen molar-refractivity contribution in [3.8, 4) is 0 Å². The average Bonchev–Trinajstić information content (AvgIpc) is 3.67. The fraction of sp³-hybridized carbons (Fsp3) is 0.333. The second-order valence-corrected chi connectivity index (χ2v) is 24.4. The first-order valence-corrected chi connectivity index (χ1v) is 22.3. The molecule has 6 rings (SSSR count). The fourth-order valence-electron chi connectivity index (χ4n) is 8.20. The molecule has 0 amide bonds. The van der Waals surface area contributed by atoms with Crippen LogP contribution in [0.3, 0.4) is 0 Å². The van der Waals surface area contributed by atoms with E-state index in [1.54, 1.807) is 11.3 Å². The van der Waals surface area contributed by atoms with Gasteiger partial charge < -0.3 is 24.2 Å². The molecule has 0 aliphatic carbocycles. The van der Waals surface area contributed by atoms with E-state index in [0.29, 0.717) is 6.42 Å². The molecular weight excluding hydrogens is 673 g/mol. The van der Waals surface area contributed by atoms with Gasteiger partial charge in [0.15, 0.2) is 0 Å². The smallest absolute Gasteiger partial charge is 0.261 e. The maximum atomic E-state index is 13.1. The van der Waals surface area contributed by atoms with E-state index < -0.39 is 52.0 Å². The number of benzene rings is 4. The quantitative estimate of drug-likeness (QED) is 0.145. The molecule has 0 radical (unpaired) electrons. The summed E-state index contributed by atoms with van der Waals surface area (Å²) in [6, 6.07) is 44.8. The zero-order valence-corrected chi connectivity index (χ0v) is 32.5. The monoisotopic (exact) mass is 722 g/mol. The minimum atomic E-state index is -3.43. The summed E-state index contributed by atoms with van der Waals surface area (Å²) in [6.07, 6.45) is -2.63. The van der Waals surface area contributed by atoms with Crippen LogP contribution in [0.1, 0.15) is 52.0 Å². The Morgan fingerprint density at radius 1 is 0.680 bits per heavy atom. The van der Waals surface area contributed by atoms with Crippen molar-refractivity contribution in [3.63, 3.8) is 0 Å². The van der Waals surface area contributed by atoms with Gasteiger partial charge in [0.1, 0.15) is 12.2 Å². The Hall–Kier alpha value is -3.19. The number of aliphatic hydroxyl groups excluding tert-OH is 2. The molecule has 1 fully saturated rings. The molecule has 1 aliphatic rings. The average molecular weight is 723 g/mol. The minimum Gasteiger partial charge on any atom is -0.424 e. The van der Waals surface area contributed by atoms with Crippen LogP contribution >= 0.6 is 11.3 Å². The Kier molecular flexibility index (Phi) is 10.8. The van der Waals surface area contributed by atoms with E-state index >= 15 is 0 Å². The Bertz CT molecular complexity index is 1700. The third-order valence-electron chi connectivity index (χ3n) is 10.7. The zero-order chi connectivity index (χ0) is 35.6. The summed E-state index contributed by atoms with van der Waals surface area (Å²) in [5, 5.41) is 28.8. The SMILES string of the molecule is CC(C)(CC1[C@@H](O)C(O[Si](c2ccccc2)(c2ccccc2)C(C)(C)C)[C@@H](CO)O[C@H]1c1cccs1)[Si](O)(c1ccccc1)c1ccccc1. The van der Waals surface area contributed by atoms with Crippen molar-refractivity contribution < 1.29 is 24.2 Å². The van der Waals surface area contributed by atoms with Crippen molar-refractivity contribution in [2.45, 2.75) is 75.5 Å². The number of hydrogen-bond donors (Lipinski definition) is 3. The summed E-state index contributed by atoms with van der Waals surface area (Å²) in [4.78, 5) is 14.1. The molecule has 0 saturated carbocycles. The van der Waals surface area contributed by atoms with Crippen LogP contribution in [0, 0.1) is 5.92 Å². The molecule has 5 atom stereocenters. The van der Waals surface area contributed by atoms with Crippen LogP contribution in [0.2, 0.25) is 10.1 Å². The molecule has 262 valence electrons. The van der Waals surface area contributed by atoms with Gasteiger partial charge in [-0.15, -0.1) is 11.3 Å². The van der Waals surface area contributed by atoms with Crippen LogP contribution in [0.25, 0.3) is 0 Å². The summed E-state index contributed by atoms with van der Waals surface area (Å²) in [6.45, 7) is 10.6. The van der Waals surface area contributed by atoms with Gasteiger partial charge in [-0.1, -0.05) is 162 Å². The van der Waals surface area contributed by atoms with E-state index in [-0.39, 0.29) is 11.6 Å². The number of hydrogen-bond acceptors (Lipinski definition) is 6. The molecule has 0 bridgehead atoms. The van der Waals surface area contributed by atoms with Gasteiger partial charge >= 0.3 is 0 Å². The lowest BCUT2D eigenvalue weighted by Crippen LogP contribution is -2.71. The van der Waals surface area contributed by atoms with Gasteiger partial charge in [0.25, 0.3) is 16.6 Å². The van der Waals surface area contributed by atoms with Crippen molar-refractivity contribution >= 4 is 48.7 Å². The predicted molar refractivity (Wildman–Crippen MR) is 210 cm³/mol. The molecular formula is C42H50O5SSi2. The highest BCUT2D eigenvalue weighted by Gasteiger charge is 2.58. The summed E-state index contributed by atoms with van der Waals surface area (Å²) in [5.41, 5.74) is 0. The second-order valence-electron chi connectivity index (χ2n) is 15.2. The van der Waals surface area contributed by atoms with Crippen molar-refractivity contribution in [3.05, 3.63) is 144 Å². The van der Waals surface area contributed by atoms with Gasteiger partial charge in [-0.25, -0.2) is 0 Å². The molecule has 5 nitrogen and oxygen atoms in total. The van der Waals surface area contributed by atoms with Gasteiger partial charge in [0.05, 0.1) is 18.8 Å². The standard InChI is InChI=1S/C42H50O5SSi2/c1-41(2,3)50(33-23-14-8-15-24-33,34-25-16-9-17-26-34)47-40-36(30-43)46-39(37-27-18-28-48-37)35(38(40)44)29-42(4,5)49(45,31-19-10-6-11-20-31)32-21-12-7-13-22-32/h6-28,35-36,38-40,43-45H,29-30H2,1-5H3/t35?,36-,38-,39-,40?/m1/s1. The molecule has 50 heavy (non-hydrogen) atoms. The molecule has 8 heteroatoms. The van der Waals surface area contributed by atoms with Crippen molar-refractivity contribution in [1.82, 2.24) is 0 Å². The van der Waals surface area contributed by atoms with Gasteiger partial charge in [0, 0.05) is 10.8 Å². The number of thiophene rings is 1. The van der Waals surface area contributed by atoms with Crippen molar-refractivity contribution in [2.24, 2.45) is 5.92 Å². The Balaban J connectivity index is 1.48. The summed E-state index contributed by atoms with van der Waals surface area (Å²) in [5.74, 6) is -0.443. The molecule has 2 heterocycles. The number of ether oxygens (including phenoxy) is 1. The van der Waals surface area contributed by atoms with Crippen LogP contribution in [0.5, 0.6) is 0 Å². The number of aliphatic hydroxyl groups is 2. The second kappa shape index (κ2) is 14.8. The first kappa shape index (κ1) is 36.6. The maximum Gasteiger partial charge on any atom is 0.261 e. The molecule has 3 N–H and O–H groups in total. The third kappa shape index (κ3) is 6.64. The van der Waals surface area contributed by atoms with E-state index in [9.17, 15) is 15.0 Å². The largest absolute Gasteiger partial charge is 0.424 e. The van der Waals surface area contributed by atoms with Gasteiger partial charge in [0.2, 0.25) is 0 Å². The van der Waals surface area contributed by atoms with E-state index in [2.05, 4.69) is 58.9 Å². The van der Waals surface area contributed by atoms with Crippen molar-refractivity contribution in [1.29, 1.82) is 0 Å². The first-order chi connectivity index (χ1) is 23.9. The van der Waals surface area contributed by atoms with Crippen LogP contribution in [0.4, 0.5) is 0 Å². The fourth-order valence-corrected chi connectivity index (χ4v) is 17.5. The Labute approximate surface area is 303 Å². The zero-order valence-electron chi connectivity index (χ0n) is 29.6. The molecule has 1 saturated heterocycles. The van der Waals surface area contributed by atoms with E-state index in [1.807, 2.05) is 115 Å². The topological polar surface area (TPSA) is 79.2 Å². The van der Waals surface area contributed by atoms with Crippen LogP contribution < -0.4 is 20.7 Å². The number of rotatable bonds is 11. The highest BCUT2D eigenvalue weighted by atomic mass is 32.1. The van der Waals surface area contributed by atoms with E-state index in [4.69, 9.17) is 9.16 Å². The third-order valence-corrected chi connectivity index (χ3v) is 21.2. The summed E-state index contributed by atoms with van der Waals surface area (Å²) < 4.78 is 14.5. The maximum absolute atomic E-state index is 13.1. The molecule has 5 aromatic rings. The van der Waals surface area contributed by atoms with Gasteiger partial charge in [-0.2, -0.15) is 0 Å². The molecule has 0 spiro atoms. The highest BCUT2D eigenvalue weighted by Crippen LogP contribution is 2.51. The molecule has 2 unspecified atom stereocenters. The van der Waals surface area contributed by atoms with Gasteiger partial charge in [-0.3, -0.25) is 0 Å². The Morgan fingerprint density at radius 2 is 1.14 bits per heavy atom. The predicted octanol–water partition coefficient (Wildman–Crippen LogP) is 6.03. The van der Waals surface area contributed by atoms with Crippen LogP contribution in [-0.4, -0.2) is 56.6 Å². The highest BCUT2D eigenvalue weighted by molar-refractivity contribution is 7.10. The van der Waals surface area contributed by atoms with Crippen LogP contribution in [0.15, 0.2) is 139 Å². The summed E-state index contributed by atoms with van der Waals surface area (Å²) >= 11 is 1.59. The molecule has 4 aromatic carbocycles. The van der Waals surface area contributed by atoms with Crippen molar-refractivity contribution in [2.75, 3.05) is 6.61 Å². The Morgan fingerprint density at radius 3 is 1.54 bits per heavy atom. The van der Waals surface area contributed by atoms with E-state index in [1.165, 1.54) is 0 Å². The first-order valence-electron chi connectivity index (χ1n) is 17.5. The lowest BCUT2D eigenvalue weighted by Gasteiger charge is -2.52. The molecule has 1 aliphatic heterocycles. The van der Waals surface area contributed by atoms with Gasteiger partial charge in [-0.05, 0) is 48.7 Å².